The number of rotatable bonds is 7. The summed E-state index contributed by atoms with van der Waals surface area (Å²) >= 11 is 0. The SMILES string of the molecule is CCNc1cc(N(C)CCOC(C)C)nc(N)n1. The molecule has 0 aliphatic carbocycles. The summed E-state index contributed by atoms with van der Waals surface area (Å²) in [6, 6.07) is 1.88. The van der Waals surface area contributed by atoms with Crippen LogP contribution in [0.4, 0.5) is 17.6 Å². The van der Waals surface area contributed by atoms with Gasteiger partial charge in [0.2, 0.25) is 5.95 Å². The molecule has 0 spiro atoms. The van der Waals surface area contributed by atoms with Crippen LogP contribution in [0.2, 0.25) is 0 Å². The Morgan fingerprint density at radius 1 is 1.44 bits per heavy atom. The Bertz CT molecular complexity index is 369. The highest BCUT2D eigenvalue weighted by Gasteiger charge is 2.07. The van der Waals surface area contributed by atoms with E-state index in [0.29, 0.717) is 6.61 Å². The third-order valence-electron chi connectivity index (χ3n) is 2.36. The Labute approximate surface area is 109 Å². The number of ether oxygens (including phenoxy) is 1. The zero-order chi connectivity index (χ0) is 13.5. The third kappa shape index (κ3) is 4.75. The van der Waals surface area contributed by atoms with Gasteiger partial charge in [-0.15, -0.1) is 0 Å². The van der Waals surface area contributed by atoms with Crippen LogP contribution in [-0.2, 0) is 4.74 Å². The average molecular weight is 253 g/mol. The van der Waals surface area contributed by atoms with Gasteiger partial charge in [0.15, 0.2) is 0 Å². The summed E-state index contributed by atoms with van der Waals surface area (Å²) in [7, 11) is 1.96. The van der Waals surface area contributed by atoms with Gasteiger partial charge in [-0.2, -0.15) is 9.97 Å². The van der Waals surface area contributed by atoms with Gasteiger partial charge in [0.1, 0.15) is 11.6 Å². The van der Waals surface area contributed by atoms with E-state index in [0.717, 1.165) is 24.7 Å². The molecule has 1 aromatic heterocycles. The van der Waals surface area contributed by atoms with Crippen LogP contribution in [0.25, 0.3) is 0 Å². The predicted octanol–water partition coefficient (Wildman–Crippen LogP) is 1.35. The number of nitrogens with one attached hydrogen (secondary N) is 1. The number of aromatic nitrogens is 2. The highest BCUT2D eigenvalue weighted by atomic mass is 16.5. The number of nitrogen functional groups attached to an aromatic ring is 1. The largest absolute Gasteiger partial charge is 0.377 e. The number of nitrogens with zero attached hydrogens (tertiary/aromatic N) is 3. The second kappa shape index (κ2) is 7.00. The normalized spacial score (nSPS) is 10.7. The number of hydrogen-bond donors (Lipinski definition) is 2. The van der Waals surface area contributed by atoms with Gasteiger partial charge in [-0.25, -0.2) is 0 Å². The van der Waals surface area contributed by atoms with E-state index in [1.54, 1.807) is 0 Å². The van der Waals surface area contributed by atoms with Crippen LogP contribution in [0.1, 0.15) is 20.8 Å². The smallest absolute Gasteiger partial charge is 0.223 e. The van der Waals surface area contributed by atoms with Gasteiger partial charge in [0.05, 0.1) is 12.7 Å². The Morgan fingerprint density at radius 2 is 2.17 bits per heavy atom. The van der Waals surface area contributed by atoms with Crippen molar-refractivity contribution in [3.63, 3.8) is 0 Å². The maximum atomic E-state index is 5.68. The molecule has 102 valence electrons. The molecule has 0 aromatic carbocycles. The standard InChI is InChI=1S/C12H23N5O/c1-5-14-10-8-11(16-12(13)15-10)17(4)6-7-18-9(2)3/h8-9H,5-7H2,1-4H3,(H3,13,14,15,16). The molecule has 0 radical (unpaired) electrons. The highest BCUT2D eigenvalue weighted by molar-refractivity contribution is 5.52. The van der Waals surface area contributed by atoms with Crippen LogP contribution in [0, 0.1) is 0 Å². The van der Waals surface area contributed by atoms with Crippen molar-refractivity contribution < 1.29 is 4.74 Å². The first-order valence-corrected chi connectivity index (χ1v) is 6.24. The van der Waals surface area contributed by atoms with Crippen molar-refractivity contribution in [2.24, 2.45) is 0 Å². The molecular formula is C12H23N5O. The molecule has 0 saturated carbocycles. The monoisotopic (exact) mass is 253 g/mol. The van der Waals surface area contributed by atoms with E-state index in [9.17, 15) is 0 Å². The fourth-order valence-corrected chi connectivity index (χ4v) is 1.46. The van der Waals surface area contributed by atoms with Crippen molar-refractivity contribution in [2.75, 3.05) is 42.7 Å². The van der Waals surface area contributed by atoms with Gasteiger partial charge in [-0.1, -0.05) is 0 Å². The summed E-state index contributed by atoms with van der Waals surface area (Å²) in [4.78, 5) is 10.3. The molecule has 0 bridgehead atoms. The van der Waals surface area contributed by atoms with Crippen molar-refractivity contribution in [1.29, 1.82) is 0 Å². The second-order valence-electron chi connectivity index (χ2n) is 4.34. The van der Waals surface area contributed by atoms with Gasteiger partial charge >= 0.3 is 0 Å². The highest BCUT2D eigenvalue weighted by Crippen LogP contribution is 2.15. The fourth-order valence-electron chi connectivity index (χ4n) is 1.46. The topological polar surface area (TPSA) is 76.3 Å². The average Bonchev–Trinajstić information content (AvgIpc) is 2.28. The van der Waals surface area contributed by atoms with E-state index in [1.165, 1.54) is 0 Å². The van der Waals surface area contributed by atoms with Crippen molar-refractivity contribution in [2.45, 2.75) is 26.9 Å². The number of likely N-dealkylation sites (N-methyl/N-ethyl adjacent to an activating group) is 1. The van der Waals surface area contributed by atoms with E-state index >= 15 is 0 Å². The number of hydrogen-bond acceptors (Lipinski definition) is 6. The van der Waals surface area contributed by atoms with Crippen LogP contribution in [0.3, 0.4) is 0 Å². The molecule has 6 nitrogen and oxygen atoms in total. The molecule has 0 amide bonds. The van der Waals surface area contributed by atoms with Crippen LogP contribution in [-0.4, -0.2) is 42.8 Å². The minimum Gasteiger partial charge on any atom is -0.377 e. The summed E-state index contributed by atoms with van der Waals surface area (Å²) < 4.78 is 5.51. The Morgan fingerprint density at radius 3 is 2.78 bits per heavy atom. The molecule has 6 heteroatoms. The molecule has 0 atom stereocenters. The predicted molar refractivity (Wildman–Crippen MR) is 75.0 cm³/mol. The lowest BCUT2D eigenvalue weighted by Gasteiger charge is -2.19. The van der Waals surface area contributed by atoms with Crippen molar-refractivity contribution in [3.8, 4) is 0 Å². The molecular weight excluding hydrogens is 230 g/mol. The molecule has 0 aliphatic heterocycles. The molecule has 1 aromatic rings. The van der Waals surface area contributed by atoms with Crippen LogP contribution >= 0.6 is 0 Å². The zero-order valence-electron chi connectivity index (χ0n) is 11.6. The Hall–Kier alpha value is -1.56. The Balaban J connectivity index is 2.63. The number of nitrogens with two attached hydrogens (primary N) is 1. The maximum absolute atomic E-state index is 5.68. The summed E-state index contributed by atoms with van der Waals surface area (Å²) in [5.74, 6) is 1.82. The summed E-state index contributed by atoms with van der Waals surface area (Å²) in [5.41, 5.74) is 5.68. The van der Waals surface area contributed by atoms with Crippen LogP contribution in [0.15, 0.2) is 6.07 Å². The maximum Gasteiger partial charge on any atom is 0.223 e. The molecule has 0 aliphatic rings. The minimum absolute atomic E-state index is 0.242. The molecule has 18 heavy (non-hydrogen) atoms. The summed E-state index contributed by atoms with van der Waals surface area (Å²) in [6.45, 7) is 8.28. The minimum atomic E-state index is 0.242. The summed E-state index contributed by atoms with van der Waals surface area (Å²) in [5, 5.41) is 3.13. The van der Waals surface area contributed by atoms with Gasteiger partial charge in [-0.05, 0) is 20.8 Å². The number of anilines is 3. The van der Waals surface area contributed by atoms with Gasteiger partial charge in [0, 0.05) is 26.2 Å². The van der Waals surface area contributed by atoms with E-state index in [4.69, 9.17) is 10.5 Å². The first-order valence-electron chi connectivity index (χ1n) is 6.24. The van der Waals surface area contributed by atoms with Gasteiger partial charge in [-0.3, -0.25) is 0 Å². The quantitative estimate of drug-likeness (QED) is 0.764. The molecule has 0 saturated heterocycles. The van der Waals surface area contributed by atoms with Crippen molar-refractivity contribution in [1.82, 2.24) is 9.97 Å². The summed E-state index contributed by atoms with van der Waals surface area (Å²) in [6.07, 6.45) is 0.242. The lowest BCUT2D eigenvalue weighted by atomic mass is 10.4. The van der Waals surface area contributed by atoms with E-state index < -0.39 is 0 Å². The van der Waals surface area contributed by atoms with Crippen molar-refractivity contribution in [3.05, 3.63) is 6.07 Å². The zero-order valence-corrected chi connectivity index (χ0v) is 11.6. The third-order valence-corrected chi connectivity index (χ3v) is 2.36. The first-order chi connectivity index (χ1) is 8.52. The van der Waals surface area contributed by atoms with E-state index in [-0.39, 0.29) is 12.1 Å². The van der Waals surface area contributed by atoms with Gasteiger partial charge < -0.3 is 20.7 Å². The second-order valence-corrected chi connectivity index (χ2v) is 4.34. The van der Waals surface area contributed by atoms with E-state index in [1.807, 2.05) is 38.8 Å². The van der Waals surface area contributed by atoms with Gasteiger partial charge in [0.25, 0.3) is 0 Å². The Kier molecular flexibility index (Phi) is 5.64. The molecule has 0 unspecified atom stereocenters. The van der Waals surface area contributed by atoms with Crippen molar-refractivity contribution >= 4 is 17.6 Å². The van der Waals surface area contributed by atoms with Crippen LogP contribution in [0.5, 0.6) is 0 Å². The van der Waals surface area contributed by atoms with E-state index in [2.05, 4.69) is 15.3 Å². The molecule has 3 N–H and O–H groups in total. The molecule has 1 rings (SSSR count). The van der Waals surface area contributed by atoms with Crippen LogP contribution < -0.4 is 16.0 Å². The lowest BCUT2D eigenvalue weighted by Crippen LogP contribution is -2.25. The first kappa shape index (κ1) is 14.5. The fraction of sp³-hybridized carbons (Fsp3) is 0.667. The lowest BCUT2D eigenvalue weighted by molar-refractivity contribution is 0.0845. The molecule has 1 heterocycles. The molecule has 0 fully saturated rings.